The molecule has 16 heavy (non-hydrogen) atoms. The van der Waals surface area contributed by atoms with Gasteiger partial charge in [0.15, 0.2) is 0 Å². The molecule has 4 heteroatoms. The predicted molar refractivity (Wildman–Crippen MR) is 58.7 cm³/mol. The number of carbonyl (C=O) groups excluding carboxylic acids is 1. The summed E-state index contributed by atoms with van der Waals surface area (Å²) in [5, 5.41) is 0. The second kappa shape index (κ2) is 5.90. The first-order chi connectivity index (χ1) is 7.72. The summed E-state index contributed by atoms with van der Waals surface area (Å²) in [6.07, 6.45) is 0.243. The molecule has 0 saturated heterocycles. The second-order valence-corrected chi connectivity index (χ2v) is 2.98. The van der Waals surface area contributed by atoms with Gasteiger partial charge in [0, 0.05) is 0 Å². The zero-order valence-corrected chi connectivity index (χ0v) is 9.20. The fraction of sp³-hybridized carbons (Fsp3) is 0.250. The van der Waals surface area contributed by atoms with E-state index < -0.39 is 5.97 Å². The first-order valence-electron chi connectivity index (χ1n) is 4.84. The van der Waals surface area contributed by atoms with Crippen molar-refractivity contribution in [1.29, 1.82) is 0 Å². The van der Waals surface area contributed by atoms with Gasteiger partial charge in [0.2, 0.25) is 0 Å². The third-order valence-corrected chi connectivity index (χ3v) is 1.99. The summed E-state index contributed by atoms with van der Waals surface area (Å²) in [5.41, 5.74) is 0.320. The highest BCUT2D eigenvalue weighted by Crippen LogP contribution is 2.21. The lowest BCUT2D eigenvalue weighted by Gasteiger charge is -2.07. The first-order valence-corrected chi connectivity index (χ1v) is 4.84. The van der Waals surface area contributed by atoms with Gasteiger partial charge in [-0.2, -0.15) is 0 Å². The Bertz CT molecular complexity index is 399. The molecule has 0 aliphatic rings. The van der Waals surface area contributed by atoms with E-state index in [0.29, 0.717) is 11.3 Å². The monoisotopic (exact) mass is 224 g/mol. The lowest BCUT2D eigenvalue weighted by Crippen LogP contribution is -2.06. The van der Waals surface area contributed by atoms with E-state index in [4.69, 9.17) is 9.47 Å². The molecule has 86 valence electrons. The van der Waals surface area contributed by atoms with Crippen LogP contribution in [0.15, 0.2) is 30.6 Å². The summed E-state index contributed by atoms with van der Waals surface area (Å²) >= 11 is 0. The van der Waals surface area contributed by atoms with Gasteiger partial charge in [0.05, 0.1) is 19.3 Å². The van der Waals surface area contributed by atoms with Crippen molar-refractivity contribution in [3.05, 3.63) is 36.2 Å². The molecule has 0 fully saturated rings. The van der Waals surface area contributed by atoms with Gasteiger partial charge >= 0.3 is 5.97 Å². The van der Waals surface area contributed by atoms with E-state index in [1.54, 1.807) is 31.2 Å². The summed E-state index contributed by atoms with van der Waals surface area (Å²) in [4.78, 5) is 11.4. The van der Waals surface area contributed by atoms with Crippen LogP contribution in [0.1, 0.15) is 12.5 Å². The highest BCUT2D eigenvalue weighted by molar-refractivity contribution is 6.16. The Balaban J connectivity index is 3.00. The number of halogens is 1. The number of ether oxygens (including phenoxy) is 2. The molecule has 0 aliphatic carbocycles. The molecule has 0 aromatic heterocycles. The molecule has 1 aromatic carbocycles. The predicted octanol–water partition coefficient (Wildman–Crippen LogP) is 2.57. The molecule has 0 N–H and O–H groups in total. The highest BCUT2D eigenvalue weighted by Gasteiger charge is 2.13. The lowest BCUT2D eigenvalue weighted by molar-refractivity contribution is -0.136. The van der Waals surface area contributed by atoms with E-state index >= 15 is 0 Å². The summed E-state index contributed by atoms with van der Waals surface area (Å²) in [7, 11) is 1.50. The van der Waals surface area contributed by atoms with Crippen LogP contribution in [0.5, 0.6) is 5.75 Å². The summed E-state index contributed by atoms with van der Waals surface area (Å²) in [6, 6.07) is 6.58. The van der Waals surface area contributed by atoms with Crippen LogP contribution in [-0.2, 0) is 9.53 Å². The maximum Gasteiger partial charge on any atom is 0.341 e. The normalized spacial score (nSPS) is 11.1. The largest absolute Gasteiger partial charge is 0.497 e. The molecule has 0 bridgehead atoms. The van der Waals surface area contributed by atoms with Gasteiger partial charge in [-0.05, 0) is 24.6 Å². The van der Waals surface area contributed by atoms with Gasteiger partial charge in [-0.15, -0.1) is 0 Å². The van der Waals surface area contributed by atoms with Gasteiger partial charge in [-0.3, -0.25) is 0 Å². The minimum absolute atomic E-state index is 0.110. The number of rotatable bonds is 4. The number of hydrogen-bond donors (Lipinski definition) is 0. The van der Waals surface area contributed by atoms with Crippen LogP contribution in [-0.4, -0.2) is 19.7 Å². The number of esters is 1. The average molecular weight is 224 g/mol. The molecule has 0 spiro atoms. The number of methoxy groups -OCH3 is 1. The Kier molecular flexibility index (Phi) is 4.51. The van der Waals surface area contributed by atoms with Crippen LogP contribution in [0.4, 0.5) is 4.39 Å². The third kappa shape index (κ3) is 2.82. The number of hydrogen-bond acceptors (Lipinski definition) is 3. The molecule has 0 heterocycles. The smallest absolute Gasteiger partial charge is 0.341 e. The van der Waals surface area contributed by atoms with Crippen LogP contribution in [0.25, 0.3) is 5.57 Å². The number of benzene rings is 1. The summed E-state index contributed by atoms with van der Waals surface area (Å²) in [5.74, 6) is -0.126. The highest BCUT2D eigenvalue weighted by atomic mass is 19.1. The molecule has 0 atom stereocenters. The Morgan fingerprint density at radius 3 is 2.81 bits per heavy atom. The van der Waals surface area contributed by atoms with Gasteiger partial charge in [0.25, 0.3) is 0 Å². The van der Waals surface area contributed by atoms with E-state index in [1.807, 2.05) is 0 Å². The van der Waals surface area contributed by atoms with Crippen molar-refractivity contribution >= 4 is 11.5 Å². The van der Waals surface area contributed by atoms with Crippen molar-refractivity contribution < 1.29 is 18.7 Å². The van der Waals surface area contributed by atoms with Crippen LogP contribution >= 0.6 is 0 Å². The third-order valence-electron chi connectivity index (χ3n) is 1.99. The molecular formula is C12H13FO3. The van der Waals surface area contributed by atoms with Crippen molar-refractivity contribution in [2.24, 2.45) is 0 Å². The molecule has 0 saturated carbocycles. The quantitative estimate of drug-likeness (QED) is 0.582. The fourth-order valence-corrected chi connectivity index (χ4v) is 1.22. The van der Waals surface area contributed by atoms with E-state index in [2.05, 4.69) is 0 Å². The zero-order valence-electron chi connectivity index (χ0n) is 9.20. The second-order valence-electron chi connectivity index (χ2n) is 2.98. The molecular weight excluding hydrogens is 211 g/mol. The van der Waals surface area contributed by atoms with Crippen molar-refractivity contribution in [3.63, 3.8) is 0 Å². The zero-order chi connectivity index (χ0) is 12.0. The molecule has 3 nitrogen and oxygen atoms in total. The van der Waals surface area contributed by atoms with Crippen LogP contribution in [0.2, 0.25) is 0 Å². The average Bonchev–Trinajstić information content (AvgIpc) is 2.31. The van der Waals surface area contributed by atoms with E-state index in [1.165, 1.54) is 7.11 Å². The minimum atomic E-state index is -0.682. The van der Waals surface area contributed by atoms with Crippen LogP contribution in [0, 0.1) is 0 Å². The molecule has 0 aliphatic heterocycles. The van der Waals surface area contributed by atoms with Gasteiger partial charge in [0.1, 0.15) is 12.1 Å². The Morgan fingerprint density at radius 2 is 2.25 bits per heavy atom. The van der Waals surface area contributed by atoms with Crippen LogP contribution < -0.4 is 4.74 Å². The molecule has 0 amide bonds. The fourth-order valence-electron chi connectivity index (χ4n) is 1.22. The molecule has 1 rings (SSSR count). The van der Waals surface area contributed by atoms with Crippen molar-refractivity contribution in [2.45, 2.75) is 6.92 Å². The minimum Gasteiger partial charge on any atom is -0.497 e. The Hall–Kier alpha value is -1.84. The Morgan fingerprint density at radius 1 is 1.50 bits per heavy atom. The summed E-state index contributed by atoms with van der Waals surface area (Å²) < 4.78 is 22.4. The Labute approximate surface area is 93.5 Å². The van der Waals surface area contributed by atoms with Crippen molar-refractivity contribution in [3.8, 4) is 5.75 Å². The van der Waals surface area contributed by atoms with Crippen LogP contribution in [0.3, 0.4) is 0 Å². The molecule has 1 aromatic rings. The van der Waals surface area contributed by atoms with E-state index in [-0.39, 0.29) is 18.5 Å². The van der Waals surface area contributed by atoms with Crippen molar-refractivity contribution in [2.75, 3.05) is 13.7 Å². The molecule has 0 radical (unpaired) electrons. The number of carbonyl (C=O) groups is 1. The SMILES string of the molecule is CCOC(=O)/C(=C/F)c1cccc(OC)c1. The molecule has 0 unspecified atom stereocenters. The lowest BCUT2D eigenvalue weighted by atomic mass is 10.1. The standard InChI is InChI=1S/C12H13FO3/c1-3-16-12(14)11(8-13)9-5-4-6-10(7-9)15-2/h4-8H,3H2,1-2H3/b11-8+. The van der Waals surface area contributed by atoms with E-state index in [0.717, 1.165) is 0 Å². The first kappa shape index (κ1) is 12.2. The van der Waals surface area contributed by atoms with Gasteiger partial charge < -0.3 is 9.47 Å². The van der Waals surface area contributed by atoms with Gasteiger partial charge in [-0.25, -0.2) is 9.18 Å². The summed E-state index contributed by atoms with van der Waals surface area (Å²) in [6.45, 7) is 1.87. The topological polar surface area (TPSA) is 35.5 Å². The maximum atomic E-state index is 12.6. The maximum absolute atomic E-state index is 12.6. The van der Waals surface area contributed by atoms with E-state index in [9.17, 15) is 9.18 Å². The van der Waals surface area contributed by atoms with Gasteiger partial charge in [-0.1, -0.05) is 12.1 Å². The van der Waals surface area contributed by atoms with Crippen molar-refractivity contribution in [1.82, 2.24) is 0 Å².